The van der Waals surface area contributed by atoms with Gasteiger partial charge in [0.25, 0.3) is 0 Å². The number of carbonyl (C=O) groups is 1. The van der Waals surface area contributed by atoms with Crippen LogP contribution in [0.5, 0.6) is 0 Å². The first-order valence-corrected chi connectivity index (χ1v) is 7.07. The first-order valence-electron chi connectivity index (χ1n) is 7.07. The molecular formula is C15H26N2O2. The van der Waals surface area contributed by atoms with Crippen LogP contribution < -0.4 is 5.32 Å². The summed E-state index contributed by atoms with van der Waals surface area (Å²) in [6.45, 7) is 8.38. The standard InChI is InChI=1S/C15H26N2O2/c1-5-6-12(4)16-14(18)10-17-8-7-13(9-17)15(19)11(2)3/h7-9,11-12,15,19H,5-6,10H2,1-4H3,(H,16,18). The lowest BCUT2D eigenvalue weighted by Crippen LogP contribution is -2.34. The van der Waals surface area contributed by atoms with Gasteiger partial charge in [-0.25, -0.2) is 0 Å². The van der Waals surface area contributed by atoms with E-state index in [9.17, 15) is 9.90 Å². The normalized spacial score (nSPS) is 14.4. The number of hydrogen-bond acceptors (Lipinski definition) is 2. The molecule has 2 unspecified atom stereocenters. The minimum Gasteiger partial charge on any atom is -0.388 e. The lowest BCUT2D eigenvalue weighted by Gasteiger charge is -2.13. The van der Waals surface area contributed by atoms with Crippen LogP contribution in [-0.4, -0.2) is 21.6 Å². The molecule has 2 atom stereocenters. The third-order valence-corrected chi connectivity index (χ3v) is 3.20. The maximum absolute atomic E-state index is 11.8. The SMILES string of the molecule is CCCC(C)NC(=O)Cn1ccc(C(O)C(C)C)c1. The molecule has 108 valence electrons. The molecule has 1 aromatic heterocycles. The Kier molecular flexibility index (Phi) is 6.09. The Bertz CT molecular complexity index is 399. The Morgan fingerprint density at radius 2 is 2.11 bits per heavy atom. The number of hydrogen-bond donors (Lipinski definition) is 2. The van der Waals surface area contributed by atoms with Crippen LogP contribution in [-0.2, 0) is 11.3 Å². The molecular weight excluding hydrogens is 240 g/mol. The number of carbonyl (C=O) groups excluding carboxylic acids is 1. The van der Waals surface area contributed by atoms with Gasteiger partial charge in [0.2, 0.25) is 5.91 Å². The summed E-state index contributed by atoms with van der Waals surface area (Å²) in [5.41, 5.74) is 0.865. The van der Waals surface area contributed by atoms with E-state index in [1.165, 1.54) is 0 Å². The summed E-state index contributed by atoms with van der Waals surface area (Å²) in [6.07, 6.45) is 5.27. The molecule has 0 fully saturated rings. The largest absolute Gasteiger partial charge is 0.388 e. The summed E-state index contributed by atoms with van der Waals surface area (Å²) in [5, 5.41) is 12.9. The second-order valence-electron chi connectivity index (χ2n) is 5.56. The predicted octanol–water partition coefficient (Wildman–Crippen LogP) is 2.48. The van der Waals surface area contributed by atoms with Crippen molar-refractivity contribution in [3.63, 3.8) is 0 Å². The average molecular weight is 266 g/mol. The predicted molar refractivity (Wildman–Crippen MR) is 76.7 cm³/mol. The highest BCUT2D eigenvalue weighted by Crippen LogP contribution is 2.21. The number of aliphatic hydroxyl groups excluding tert-OH is 1. The molecule has 2 N–H and O–H groups in total. The lowest BCUT2D eigenvalue weighted by atomic mass is 10.0. The van der Waals surface area contributed by atoms with E-state index >= 15 is 0 Å². The van der Waals surface area contributed by atoms with Crippen molar-refractivity contribution in [2.75, 3.05) is 0 Å². The quantitative estimate of drug-likeness (QED) is 0.796. The summed E-state index contributed by atoms with van der Waals surface area (Å²) in [7, 11) is 0. The van der Waals surface area contributed by atoms with E-state index in [1.54, 1.807) is 0 Å². The van der Waals surface area contributed by atoms with E-state index in [0.717, 1.165) is 18.4 Å². The van der Waals surface area contributed by atoms with E-state index in [0.29, 0.717) is 6.54 Å². The zero-order valence-electron chi connectivity index (χ0n) is 12.4. The summed E-state index contributed by atoms with van der Waals surface area (Å²) in [5.74, 6) is 0.191. The molecule has 0 saturated carbocycles. The van der Waals surface area contributed by atoms with E-state index in [2.05, 4.69) is 12.2 Å². The Morgan fingerprint density at radius 1 is 1.42 bits per heavy atom. The van der Waals surface area contributed by atoms with Gasteiger partial charge >= 0.3 is 0 Å². The number of amides is 1. The Hall–Kier alpha value is -1.29. The van der Waals surface area contributed by atoms with Crippen molar-refractivity contribution < 1.29 is 9.90 Å². The van der Waals surface area contributed by atoms with Gasteiger partial charge in [0, 0.05) is 18.4 Å². The maximum atomic E-state index is 11.8. The van der Waals surface area contributed by atoms with Gasteiger partial charge in [-0.3, -0.25) is 4.79 Å². The smallest absolute Gasteiger partial charge is 0.240 e. The van der Waals surface area contributed by atoms with Crippen LogP contribution in [0.4, 0.5) is 0 Å². The highest BCUT2D eigenvalue weighted by molar-refractivity contribution is 5.76. The fourth-order valence-corrected chi connectivity index (χ4v) is 2.11. The van der Waals surface area contributed by atoms with Crippen molar-refractivity contribution in [2.24, 2.45) is 5.92 Å². The molecule has 1 heterocycles. The number of aromatic nitrogens is 1. The molecule has 0 radical (unpaired) electrons. The van der Waals surface area contributed by atoms with E-state index in [-0.39, 0.29) is 17.9 Å². The number of nitrogens with one attached hydrogen (secondary N) is 1. The second kappa shape index (κ2) is 7.34. The molecule has 0 aliphatic heterocycles. The summed E-state index contributed by atoms with van der Waals surface area (Å²) >= 11 is 0. The summed E-state index contributed by atoms with van der Waals surface area (Å²) in [6, 6.07) is 2.08. The molecule has 1 rings (SSSR count). The third kappa shape index (κ3) is 5.07. The molecule has 0 aliphatic carbocycles. The van der Waals surface area contributed by atoms with Crippen LogP contribution in [0.2, 0.25) is 0 Å². The van der Waals surface area contributed by atoms with Crippen LogP contribution in [0.3, 0.4) is 0 Å². The van der Waals surface area contributed by atoms with E-state index in [1.807, 2.05) is 43.8 Å². The van der Waals surface area contributed by atoms with Gasteiger partial charge in [-0.15, -0.1) is 0 Å². The maximum Gasteiger partial charge on any atom is 0.240 e. The van der Waals surface area contributed by atoms with Gasteiger partial charge in [-0.1, -0.05) is 27.2 Å². The molecule has 1 aromatic rings. The molecule has 0 bridgehead atoms. The van der Waals surface area contributed by atoms with Crippen molar-refractivity contribution in [3.05, 3.63) is 24.0 Å². The van der Waals surface area contributed by atoms with Crippen LogP contribution in [0.25, 0.3) is 0 Å². The lowest BCUT2D eigenvalue weighted by molar-refractivity contribution is -0.122. The van der Waals surface area contributed by atoms with Crippen LogP contribution in [0.15, 0.2) is 18.5 Å². The van der Waals surface area contributed by atoms with E-state index < -0.39 is 6.10 Å². The molecule has 0 saturated heterocycles. The first-order chi connectivity index (χ1) is 8.93. The summed E-state index contributed by atoms with van der Waals surface area (Å²) in [4.78, 5) is 11.8. The average Bonchev–Trinajstić information content (AvgIpc) is 2.76. The highest BCUT2D eigenvalue weighted by Gasteiger charge is 2.14. The van der Waals surface area contributed by atoms with Crippen LogP contribution >= 0.6 is 0 Å². The van der Waals surface area contributed by atoms with Crippen molar-refractivity contribution in [1.82, 2.24) is 9.88 Å². The van der Waals surface area contributed by atoms with Crippen molar-refractivity contribution >= 4 is 5.91 Å². The topological polar surface area (TPSA) is 54.3 Å². The molecule has 4 nitrogen and oxygen atoms in total. The van der Waals surface area contributed by atoms with Crippen molar-refractivity contribution in [2.45, 2.75) is 59.2 Å². The Balaban J connectivity index is 2.51. The molecule has 4 heteroatoms. The monoisotopic (exact) mass is 266 g/mol. The van der Waals surface area contributed by atoms with Gasteiger partial charge < -0.3 is 15.0 Å². The molecule has 0 spiro atoms. The van der Waals surface area contributed by atoms with Crippen LogP contribution in [0.1, 0.15) is 52.2 Å². The fourth-order valence-electron chi connectivity index (χ4n) is 2.11. The summed E-state index contributed by atoms with van der Waals surface area (Å²) < 4.78 is 1.81. The van der Waals surface area contributed by atoms with Gasteiger partial charge in [-0.2, -0.15) is 0 Å². The molecule has 0 aromatic carbocycles. The van der Waals surface area contributed by atoms with Gasteiger partial charge in [0.05, 0.1) is 6.10 Å². The Morgan fingerprint density at radius 3 is 2.68 bits per heavy atom. The second-order valence-corrected chi connectivity index (χ2v) is 5.56. The van der Waals surface area contributed by atoms with Crippen molar-refractivity contribution in [3.8, 4) is 0 Å². The number of rotatable bonds is 7. The van der Waals surface area contributed by atoms with Crippen LogP contribution in [0, 0.1) is 5.92 Å². The van der Waals surface area contributed by atoms with Crippen molar-refractivity contribution in [1.29, 1.82) is 0 Å². The van der Waals surface area contributed by atoms with E-state index in [4.69, 9.17) is 0 Å². The minimum absolute atomic E-state index is 0.0159. The third-order valence-electron chi connectivity index (χ3n) is 3.20. The molecule has 19 heavy (non-hydrogen) atoms. The number of aliphatic hydroxyl groups is 1. The first kappa shape index (κ1) is 15.8. The molecule has 0 aliphatic rings. The fraction of sp³-hybridized carbons (Fsp3) is 0.667. The van der Waals surface area contributed by atoms with Gasteiger partial charge in [0.15, 0.2) is 0 Å². The zero-order chi connectivity index (χ0) is 14.4. The van der Waals surface area contributed by atoms with Gasteiger partial charge in [0.1, 0.15) is 6.54 Å². The molecule has 1 amide bonds. The minimum atomic E-state index is -0.469. The Labute approximate surface area is 115 Å². The van der Waals surface area contributed by atoms with Gasteiger partial charge in [-0.05, 0) is 30.9 Å². The number of nitrogens with zero attached hydrogens (tertiary/aromatic N) is 1. The highest BCUT2D eigenvalue weighted by atomic mass is 16.3. The zero-order valence-corrected chi connectivity index (χ0v) is 12.4.